The molecule has 23 heavy (non-hydrogen) atoms. The molecule has 1 saturated heterocycles. The van der Waals surface area contributed by atoms with Gasteiger partial charge in [-0.05, 0) is 43.5 Å². The topological polar surface area (TPSA) is 6.48 Å². The lowest BCUT2D eigenvalue weighted by Crippen LogP contribution is -2.33. The van der Waals surface area contributed by atoms with E-state index in [0.29, 0.717) is 0 Å². The normalized spacial score (nSPS) is 17.0. The lowest BCUT2D eigenvalue weighted by molar-refractivity contribution is 0.260. The summed E-state index contributed by atoms with van der Waals surface area (Å²) >= 11 is 0. The van der Waals surface area contributed by atoms with Crippen molar-refractivity contribution in [1.82, 2.24) is 9.80 Å². The Morgan fingerprint density at radius 1 is 0.565 bits per heavy atom. The smallest absolute Gasteiger partial charge is 0.0109 e. The van der Waals surface area contributed by atoms with E-state index in [9.17, 15) is 0 Å². The molecule has 3 rings (SSSR count). The molecule has 2 nitrogen and oxygen atoms in total. The quantitative estimate of drug-likeness (QED) is 0.806. The van der Waals surface area contributed by atoms with E-state index in [1.165, 1.54) is 69.7 Å². The zero-order valence-corrected chi connectivity index (χ0v) is 14.0. The molecular weight excluding hydrogens is 280 g/mol. The molecule has 0 bridgehead atoms. The molecule has 1 aliphatic heterocycles. The van der Waals surface area contributed by atoms with E-state index in [0.717, 1.165) is 0 Å². The van der Waals surface area contributed by atoms with E-state index in [1.807, 2.05) is 0 Å². The Morgan fingerprint density at radius 2 is 1.00 bits per heavy atom. The first-order valence-corrected chi connectivity index (χ1v) is 8.93. The van der Waals surface area contributed by atoms with Gasteiger partial charge in [-0.25, -0.2) is 0 Å². The van der Waals surface area contributed by atoms with Crippen LogP contribution in [-0.4, -0.2) is 49.1 Å². The van der Waals surface area contributed by atoms with Gasteiger partial charge >= 0.3 is 0 Å². The van der Waals surface area contributed by atoms with Crippen molar-refractivity contribution in [1.29, 1.82) is 0 Å². The maximum absolute atomic E-state index is 2.63. The minimum Gasteiger partial charge on any atom is -0.302 e. The van der Waals surface area contributed by atoms with Crippen molar-refractivity contribution in [3.8, 4) is 0 Å². The van der Waals surface area contributed by atoms with Crippen LogP contribution >= 0.6 is 0 Å². The average molecular weight is 308 g/mol. The van der Waals surface area contributed by atoms with Crippen LogP contribution in [0.15, 0.2) is 60.7 Å². The average Bonchev–Trinajstić information content (AvgIpc) is 2.85. The first kappa shape index (κ1) is 16.2. The Morgan fingerprint density at radius 3 is 1.43 bits per heavy atom. The summed E-state index contributed by atoms with van der Waals surface area (Å²) in [7, 11) is 0. The van der Waals surface area contributed by atoms with Crippen LogP contribution in [0.5, 0.6) is 0 Å². The van der Waals surface area contributed by atoms with Crippen molar-refractivity contribution in [2.24, 2.45) is 0 Å². The Balaban J connectivity index is 1.40. The Labute approximate surface area is 140 Å². The second-order valence-electron chi connectivity index (χ2n) is 6.51. The van der Waals surface area contributed by atoms with Crippen LogP contribution < -0.4 is 0 Å². The van der Waals surface area contributed by atoms with E-state index in [2.05, 4.69) is 70.5 Å². The summed E-state index contributed by atoms with van der Waals surface area (Å²) in [6.45, 7) is 7.29. The fourth-order valence-corrected chi connectivity index (χ4v) is 3.34. The minimum atomic E-state index is 1.17. The molecule has 0 N–H and O–H groups in total. The third kappa shape index (κ3) is 5.49. The fourth-order valence-electron chi connectivity index (χ4n) is 3.34. The first-order valence-electron chi connectivity index (χ1n) is 8.93. The molecule has 1 aliphatic rings. The maximum Gasteiger partial charge on any atom is 0.0109 e. The second-order valence-corrected chi connectivity index (χ2v) is 6.51. The first-order chi connectivity index (χ1) is 11.4. The van der Waals surface area contributed by atoms with Gasteiger partial charge in [0.2, 0.25) is 0 Å². The van der Waals surface area contributed by atoms with Gasteiger partial charge in [0, 0.05) is 26.2 Å². The van der Waals surface area contributed by atoms with Crippen molar-refractivity contribution in [2.45, 2.75) is 19.3 Å². The lowest BCUT2D eigenvalue weighted by atomic mass is 10.1. The molecule has 0 atom stereocenters. The summed E-state index contributed by atoms with van der Waals surface area (Å²) < 4.78 is 0. The lowest BCUT2D eigenvalue weighted by Gasteiger charge is -2.21. The van der Waals surface area contributed by atoms with Gasteiger partial charge in [-0.1, -0.05) is 60.7 Å². The molecule has 122 valence electrons. The summed E-state index contributed by atoms with van der Waals surface area (Å²) in [6.07, 6.45) is 3.64. The largest absolute Gasteiger partial charge is 0.302 e. The van der Waals surface area contributed by atoms with E-state index in [-0.39, 0.29) is 0 Å². The number of benzene rings is 2. The molecule has 2 aromatic rings. The highest BCUT2D eigenvalue weighted by Crippen LogP contribution is 2.08. The molecule has 2 heteroatoms. The fraction of sp³-hybridized carbons (Fsp3) is 0.429. The third-order valence-electron chi connectivity index (χ3n) is 4.80. The molecule has 0 saturated carbocycles. The number of rotatable bonds is 6. The van der Waals surface area contributed by atoms with Crippen LogP contribution in [-0.2, 0) is 12.8 Å². The van der Waals surface area contributed by atoms with E-state index < -0.39 is 0 Å². The van der Waals surface area contributed by atoms with Crippen molar-refractivity contribution in [3.63, 3.8) is 0 Å². The summed E-state index contributed by atoms with van der Waals surface area (Å²) in [5.74, 6) is 0. The summed E-state index contributed by atoms with van der Waals surface area (Å²) in [4.78, 5) is 5.27. The molecule has 0 unspecified atom stereocenters. The molecule has 0 aliphatic carbocycles. The predicted molar refractivity (Wildman–Crippen MR) is 97.8 cm³/mol. The van der Waals surface area contributed by atoms with Crippen molar-refractivity contribution in [2.75, 3.05) is 39.3 Å². The molecule has 0 spiro atoms. The minimum absolute atomic E-state index is 1.17. The third-order valence-corrected chi connectivity index (χ3v) is 4.80. The number of hydrogen-bond acceptors (Lipinski definition) is 2. The zero-order valence-electron chi connectivity index (χ0n) is 14.0. The highest BCUT2D eigenvalue weighted by Gasteiger charge is 2.14. The summed E-state index contributed by atoms with van der Waals surface area (Å²) in [6, 6.07) is 21.7. The van der Waals surface area contributed by atoms with E-state index in [1.54, 1.807) is 0 Å². The van der Waals surface area contributed by atoms with Crippen molar-refractivity contribution in [3.05, 3.63) is 71.8 Å². The van der Waals surface area contributed by atoms with Crippen LogP contribution in [0.25, 0.3) is 0 Å². The Hall–Kier alpha value is -1.64. The van der Waals surface area contributed by atoms with Gasteiger partial charge in [0.25, 0.3) is 0 Å². The molecule has 1 fully saturated rings. The number of nitrogens with zero attached hydrogens (tertiary/aromatic N) is 2. The Bertz CT molecular complexity index is 501. The molecule has 2 aromatic carbocycles. The molecule has 0 amide bonds. The van der Waals surface area contributed by atoms with Crippen LogP contribution in [0, 0.1) is 0 Å². The maximum atomic E-state index is 2.63. The predicted octanol–water partition coefficient (Wildman–Crippen LogP) is 3.48. The van der Waals surface area contributed by atoms with Gasteiger partial charge in [0.1, 0.15) is 0 Å². The van der Waals surface area contributed by atoms with Gasteiger partial charge in [0.05, 0.1) is 0 Å². The Kier molecular flexibility index (Phi) is 6.25. The van der Waals surface area contributed by atoms with E-state index >= 15 is 0 Å². The van der Waals surface area contributed by atoms with Gasteiger partial charge in [-0.15, -0.1) is 0 Å². The van der Waals surface area contributed by atoms with Crippen LogP contribution in [0.1, 0.15) is 17.5 Å². The van der Waals surface area contributed by atoms with Gasteiger partial charge in [-0.2, -0.15) is 0 Å². The molecule has 0 radical (unpaired) electrons. The molecular formula is C21H28N2. The van der Waals surface area contributed by atoms with Gasteiger partial charge in [0.15, 0.2) is 0 Å². The van der Waals surface area contributed by atoms with Gasteiger partial charge < -0.3 is 9.80 Å². The standard InChI is InChI=1S/C21H28N2/c1-3-8-20(9-4-1)12-16-22-14-7-15-23(19-18-22)17-13-21-10-5-2-6-11-21/h1-6,8-11H,7,12-19H2. The van der Waals surface area contributed by atoms with E-state index in [4.69, 9.17) is 0 Å². The highest BCUT2D eigenvalue weighted by molar-refractivity contribution is 5.15. The van der Waals surface area contributed by atoms with Gasteiger partial charge in [-0.3, -0.25) is 0 Å². The molecule has 0 aromatic heterocycles. The van der Waals surface area contributed by atoms with Crippen LogP contribution in [0.3, 0.4) is 0 Å². The SMILES string of the molecule is c1ccc(CCN2CCCN(CCc3ccccc3)CC2)cc1. The van der Waals surface area contributed by atoms with Crippen LogP contribution in [0.4, 0.5) is 0 Å². The highest BCUT2D eigenvalue weighted by atomic mass is 15.2. The van der Waals surface area contributed by atoms with Crippen molar-refractivity contribution >= 4 is 0 Å². The molecule has 1 heterocycles. The zero-order chi connectivity index (χ0) is 15.7. The summed E-state index contributed by atoms with van der Waals surface area (Å²) in [5.41, 5.74) is 2.91. The number of hydrogen-bond donors (Lipinski definition) is 0. The van der Waals surface area contributed by atoms with Crippen LogP contribution in [0.2, 0.25) is 0 Å². The summed E-state index contributed by atoms with van der Waals surface area (Å²) in [5, 5.41) is 0. The second kappa shape index (κ2) is 8.85. The monoisotopic (exact) mass is 308 g/mol. The van der Waals surface area contributed by atoms with Crippen molar-refractivity contribution < 1.29 is 0 Å².